The van der Waals surface area contributed by atoms with Crippen molar-refractivity contribution in [3.8, 4) is 0 Å². The molecule has 1 amide bonds. The van der Waals surface area contributed by atoms with E-state index in [1.165, 1.54) is 25.3 Å². The van der Waals surface area contributed by atoms with Crippen molar-refractivity contribution in [2.24, 2.45) is 29.6 Å². The van der Waals surface area contributed by atoms with E-state index in [4.69, 9.17) is 11.6 Å². The molecule has 3 saturated carbocycles. The second-order valence-electron chi connectivity index (χ2n) is 6.50. The average molecular weight is 306 g/mol. The quantitative estimate of drug-likeness (QED) is 0.900. The van der Waals surface area contributed by atoms with Gasteiger partial charge in [0.1, 0.15) is 0 Å². The first kappa shape index (κ1) is 13.1. The molecule has 1 aromatic rings. The van der Waals surface area contributed by atoms with Gasteiger partial charge in [-0.05, 0) is 61.1 Å². The maximum absolute atomic E-state index is 12.4. The molecule has 2 N–H and O–H groups in total. The molecule has 0 aliphatic heterocycles. The highest BCUT2D eigenvalue weighted by molar-refractivity contribution is 6.31. The van der Waals surface area contributed by atoms with Gasteiger partial charge in [-0.15, -0.1) is 0 Å². The minimum absolute atomic E-state index is 0.0218. The number of rotatable bonds is 3. The second-order valence-corrected chi connectivity index (χ2v) is 6.93. The fraction of sp³-hybridized carbons (Fsp3) is 0.500. The Hall–Kier alpha value is -1.55. The first-order chi connectivity index (χ1) is 10.1. The Morgan fingerprint density at radius 2 is 1.86 bits per heavy atom. The molecule has 3 aliphatic rings. The van der Waals surface area contributed by atoms with Gasteiger partial charge >= 0.3 is 5.97 Å². The van der Waals surface area contributed by atoms with Crippen molar-refractivity contribution < 1.29 is 14.7 Å². The summed E-state index contributed by atoms with van der Waals surface area (Å²) in [6.45, 7) is 0. The van der Waals surface area contributed by atoms with E-state index in [1.807, 2.05) is 0 Å². The summed E-state index contributed by atoms with van der Waals surface area (Å²) in [6.07, 6.45) is 3.81. The lowest BCUT2D eigenvalue weighted by atomic mass is 10.0. The van der Waals surface area contributed by atoms with Gasteiger partial charge in [0.2, 0.25) is 5.91 Å². The maximum Gasteiger partial charge on any atom is 0.337 e. The van der Waals surface area contributed by atoms with E-state index in [0.29, 0.717) is 22.5 Å². The van der Waals surface area contributed by atoms with Crippen LogP contribution in [0.3, 0.4) is 0 Å². The van der Waals surface area contributed by atoms with Crippen LogP contribution in [0, 0.1) is 29.6 Å². The number of carboxylic acid groups (broad SMARTS) is 1. The van der Waals surface area contributed by atoms with Crippen LogP contribution in [-0.4, -0.2) is 17.0 Å². The first-order valence-corrected chi connectivity index (χ1v) is 7.78. The third-order valence-corrected chi connectivity index (χ3v) is 5.74. The molecule has 1 aromatic carbocycles. The number of carboxylic acids is 1. The topological polar surface area (TPSA) is 66.4 Å². The number of hydrogen-bond acceptors (Lipinski definition) is 2. The van der Waals surface area contributed by atoms with Crippen molar-refractivity contribution in [2.45, 2.75) is 19.3 Å². The molecule has 0 radical (unpaired) electrons. The molecule has 0 spiro atoms. The first-order valence-electron chi connectivity index (χ1n) is 7.40. The van der Waals surface area contributed by atoms with Crippen molar-refractivity contribution in [3.05, 3.63) is 28.8 Å². The molecule has 0 saturated heterocycles. The molecule has 3 fully saturated rings. The minimum atomic E-state index is -1.08. The van der Waals surface area contributed by atoms with E-state index in [0.717, 1.165) is 11.8 Å². The van der Waals surface area contributed by atoms with Crippen LogP contribution in [0.1, 0.15) is 29.6 Å². The van der Waals surface area contributed by atoms with Crippen LogP contribution in [-0.2, 0) is 4.79 Å². The van der Waals surface area contributed by atoms with E-state index in [9.17, 15) is 14.7 Å². The van der Waals surface area contributed by atoms with E-state index in [1.54, 1.807) is 12.1 Å². The van der Waals surface area contributed by atoms with Crippen molar-refractivity contribution in [3.63, 3.8) is 0 Å². The van der Waals surface area contributed by atoms with Gasteiger partial charge in [-0.1, -0.05) is 11.6 Å². The third-order valence-electron chi connectivity index (χ3n) is 5.51. The number of nitrogens with one attached hydrogen (secondary N) is 1. The molecule has 4 nitrogen and oxygen atoms in total. The van der Waals surface area contributed by atoms with Gasteiger partial charge in [0.05, 0.1) is 11.3 Å². The smallest absolute Gasteiger partial charge is 0.337 e. The Labute approximate surface area is 127 Å². The molecule has 4 unspecified atom stereocenters. The summed E-state index contributed by atoms with van der Waals surface area (Å²) >= 11 is 5.82. The summed E-state index contributed by atoms with van der Waals surface area (Å²) < 4.78 is 0. The average Bonchev–Trinajstić information content (AvgIpc) is 2.89. The minimum Gasteiger partial charge on any atom is -0.478 e. The molecule has 0 heterocycles. The molecule has 5 heteroatoms. The van der Waals surface area contributed by atoms with E-state index in [-0.39, 0.29) is 17.4 Å². The number of carbonyl (C=O) groups excluding carboxylic acids is 1. The molecule has 0 aromatic heterocycles. The Morgan fingerprint density at radius 3 is 2.48 bits per heavy atom. The lowest BCUT2D eigenvalue weighted by molar-refractivity contribution is -0.118. The molecule has 21 heavy (non-hydrogen) atoms. The maximum atomic E-state index is 12.4. The molecular formula is C16H16ClNO3. The van der Waals surface area contributed by atoms with E-state index < -0.39 is 5.97 Å². The van der Waals surface area contributed by atoms with Gasteiger partial charge in [0.15, 0.2) is 0 Å². The highest BCUT2D eigenvalue weighted by Gasteiger charge is 2.67. The van der Waals surface area contributed by atoms with Crippen LogP contribution in [0.5, 0.6) is 0 Å². The van der Waals surface area contributed by atoms with Gasteiger partial charge in [0, 0.05) is 10.9 Å². The van der Waals surface area contributed by atoms with Crippen LogP contribution in [0.25, 0.3) is 0 Å². The Bertz CT molecular complexity index is 628. The van der Waals surface area contributed by atoms with Crippen LogP contribution in [0.4, 0.5) is 5.69 Å². The van der Waals surface area contributed by atoms with Gasteiger partial charge in [0.25, 0.3) is 0 Å². The van der Waals surface area contributed by atoms with Gasteiger partial charge < -0.3 is 10.4 Å². The van der Waals surface area contributed by atoms with Crippen LogP contribution >= 0.6 is 11.6 Å². The molecule has 4 rings (SSSR count). The van der Waals surface area contributed by atoms with E-state index >= 15 is 0 Å². The van der Waals surface area contributed by atoms with Gasteiger partial charge in [-0.2, -0.15) is 0 Å². The zero-order valence-corrected chi connectivity index (χ0v) is 12.1. The monoisotopic (exact) mass is 305 g/mol. The Balaban J connectivity index is 1.52. The van der Waals surface area contributed by atoms with Crippen molar-refractivity contribution >= 4 is 29.2 Å². The summed E-state index contributed by atoms with van der Waals surface area (Å²) in [4.78, 5) is 23.7. The van der Waals surface area contributed by atoms with Crippen molar-refractivity contribution in [1.82, 2.24) is 0 Å². The number of aromatic carboxylic acids is 1. The number of carbonyl (C=O) groups is 2. The summed E-state index contributed by atoms with van der Waals surface area (Å²) in [5.74, 6) is 1.53. The van der Waals surface area contributed by atoms with Crippen molar-refractivity contribution in [2.75, 3.05) is 5.32 Å². The molecule has 110 valence electrons. The highest BCUT2D eigenvalue weighted by atomic mass is 35.5. The predicted molar refractivity (Wildman–Crippen MR) is 78.3 cm³/mol. The normalized spacial score (nSPS) is 35.4. The second kappa shape index (κ2) is 4.47. The Morgan fingerprint density at radius 1 is 1.19 bits per heavy atom. The Kier molecular flexibility index (Phi) is 2.80. The summed E-state index contributed by atoms with van der Waals surface area (Å²) in [5, 5.41) is 12.4. The van der Waals surface area contributed by atoms with Crippen molar-refractivity contribution in [1.29, 1.82) is 0 Å². The number of amides is 1. The SMILES string of the molecule is O=C(O)c1cc(Cl)ccc1NC(=O)C1C2C3CCC(C3)C12. The lowest BCUT2D eigenvalue weighted by Gasteiger charge is -2.11. The van der Waals surface area contributed by atoms with Crippen LogP contribution < -0.4 is 5.32 Å². The summed E-state index contributed by atoms with van der Waals surface area (Å²) in [5.41, 5.74) is 0.388. The number of fused-ring (bicyclic) bond motifs is 5. The molecule has 4 atom stereocenters. The highest BCUT2D eigenvalue weighted by Crippen LogP contribution is 2.69. The zero-order chi connectivity index (χ0) is 14.7. The molecular weight excluding hydrogens is 290 g/mol. The van der Waals surface area contributed by atoms with Crippen LogP contribution in [0.15, 0.2) is 18.2 Å². The fourth-order valence-electron chi connectivity index (χ4n) is 4.69. The number of benzene rings is 1. The zero-order valence-electron chi connectivity index (χ0n) is 11.4. The van der Waals surface area contributed by atoms with Gasteiger partial charge in [-0.3, -0.25) is 4.79 Å². The predicted octanol–water partition coefficient (Wildman–Crippen LogP) is 3.27. The lowest BCUT2D eigenvalue weighted by Crippen LogP contribution is -2.20. The number of hydrogen-bond donors (Lipinski definition) is 2. The molecule has 3 aliphatic carbocycles. The van der Waals surface area contributed by atoms with Gasteiger partial charge in [-0.25, -0.2) is 4.79 Å². The summed E-state index contributed by atoms with van der Waals surface area (Å²) in [7, 11) is 0. The third kappa shape index (κ3) is 1.96. The largest absolute Gasteiger partial charge is 0.478 e. The number of anilines is 1. The van der Waals surface area contributed by atoms with Crippen LogP contribution in [0.2, 0.25) is 5.02 Å². The van der Waals surface area contributed by atoms with E-state index in [2.05, 4.69) is 5.32 Å². The number of halogens is 1. The fourth-order valence-corrected chi connectivity index (χ4v) is 4.87. The standard InChI is InChI=1S/C16H16ClNO3/c17-9-3-4-11(10(6-9)16(20)21)18-15(19)14-12-7-1-2-8(5-7)13(12)14/h3-4,6-8,12-14H,1-2,5H2,(H,18,19)(H,20,21). The molecule has 2 bridgehead atoms. The summed E-state index contributed by atoms with van der Waals surface area (Å²) in [6, 6.07) is 4.54.